The van der Waals surface area contributed by atoms with Crippen LogP contribution in [0.25, 0.3) is 0 Å². The van der Waals surface area contributed by atoms with Gasteiger partial charge in [0.1, 0.15) is 10.8 Å². The Labute approximate surface area is 185 Å². The third-order valence-electron chi connectivity index (χ3n) is 4.05. The maximum atomic E-state index is 14.0. The molecule has 0 aliphatic heterocycles. The number of benzene rings is 2. The lowest BCUT2D eigenvalue weighted by Gasteiger charge is -2.12. The van der Waals surface area contributed by atoms with Gasteiger partial charge in [0.05, 0.1) is 13.2 Å². The average Bonchev–Trinajstić information content (AvgIpc) is 3.05. The van der Waals surface area contributed by atoms with Gasteiger partial charge < -0.3 is 14.8 Å². The summed E-state index contributed by atoms with van der Waals surface area (Å²) in [4.78, 5) is 12.6. The SMILES string of the molecule is CCOc1cc(C(=O)Nc2nn(Cc3c(F)cccc3Cl)cc2Cl)ccc1OC(F)F. The van der Waals surface area contributed by atoms with E-state index in [9.17, 15) is 18.0 Å². The number of halogens is 5. The van der Waals surface area contributed by atoms with Crippen molar-refractivity contribution in [2.24, 2.45) is 0 Å². The van der Waals surface area contributed by atoms with Crippen LogP contribution in [0, 0.1) is 5.82 Å². The minimum Gasteiger partial charge on any atom is -0.490 e. The van der Waals surface area contributed by atoms with Crippen LogP contribution in [-0.4, -0.2) is 28.9 Å². The summed E-state index contributed by atoms with van der Waals surface area (Å²) in [6, 6.07) is 8.06. The van der Waals surface area contributed by atoms with Crippen LogP contribution < -0.4 is 14.8 Å². The molecule has 2 aromatic carbocycles. The van der Waals surface area contributed by atoms with Crippen LogP contribution >= 0.6 is 23.2 Å². The van der Waals surface area contributed by atoms with Gasteiger partial charge in [-0.3, -0.25) is 9.48 Å². The van der Waals surface area contributed by atoms with E-state index in [0.29, 0.717) is 0 Å². The highest BCUT2D eigenvalue weighted by atomic mass is 35.5. The van der Waals surface area contributed by atoms with Crippen molar-refractivity contribution in [1.29, 1.82) is 0 Å². The second-order valence-electron chi connectivity index (χ2n) is 6.15. The quantitative estimate of drug-likeness (QED) is 0.460. The molecule has 6 nitrogen and oxygen atoms in total. The molecule has 0 atom stereocenters. The predicted octanol–water partition coefficient (Wildman–Crippen LogP) is 5.63. The van der Waals surface area contributed by atoms with Gasteiger partial charge in [-0.2, -0.15) is 13.9 Å². The Balaban J connectivity index is 1.78. The second-order valence-corrected chi connectivity index (χ2v) is 6.96. The molecule has 0 unspecified atom stereocenters. The molecule has 1 heterocycles. The fourth-order valence-electron chi connectivity index (χ4n) is 2.70. The Morgan fingerprint density at radius 2 is 1.97 bits per heavy atom. The molecule has 31 heavy (non-hydrogen) atoms. The van der Waals surface area contributed by atoms with Gasteiger partial charge in [-0.1, -0.05) is 29.3 Å². The lowest BCUT2D eigenvalue weighted by Crippen LogP contribution is -2.14. The summed E-state index contributed by atoms with van der Waals surface area (Å²) < 4.78 is 50.0. The van der Waals surface area contributed by atoms with E-state index in [1.54, 1.807) is 13.0 Å². The third-order valence-corrected chi connectivity index (χ3v) is 4.68. The number of rotatable bonds is 8. The maximum absolute atomic E-state index is 14.0. The molecule has 0 saturated carbocycles. The van der Waals surface area contributed by atoms with Crippen LogP contribution in [0.3, 0.4) is 0 Å². The first kappa shape index (κ1) is 22.8. The highest BCUT2D eigenvalue weighted by Gasteiger charge is 2.17. The molecule has 0 aliphatic carbocycles. The first-order valence-electron chi connectivity index (χ1n) is 8.97. The molecular formula is C20H16Cl2F3N3O3. The van der Waals surface area contributed by atoms with E-state index < -0.39 is 18.3 Å². The highest BCUT2D eigenvalue weighted by molar-refractivity contribution is 6.33. The summed E-state index contributed by atoms with van der Waals surface area (Å²) in [5.41, 5.74) is 0.324. The van der Waals surface area contributed by atoms with Crippen molar-refractivity contribution in [3.63, 3.8) is 0 Å². The molecule has 0 fully saturated rings. The minimum absolute atomic E-state index is 0.00471. The Morgan fingerprint density at radius 3 is 2.65 bits per heavy atom. The molecule has 0 saturated heterocycles. The summed E-state index contributed by atoms with van der Waals surface area (Å²) >= 11 is 12.2. The zero-order valence-corrected chi connectivity index (χ0v) is 17.6. The van der Waals surface area contributed by atoms with Gasteiger partial charge in [0.2, 0.25) is 0 Å². The van der Waals surface area contributed by atoms with Gasteiger partial charge in [0, 0.05) is 22.3 Å². The Bertz CT molecular complexity index is 1070. The molecule has 3 rings (SSSR count). The molecule has 1 N–H and O–H groups in total. The van der Waals surface area contributed by atoms with E-state index >= 15 is 0 Å². The van der Waals surface area contributed by atoms with Gasteiger partial charge in [0.25, 0.3) is 5.91 Å². The molecule has 3 aromatic rings. The monoisotopic (exact) mass is 473 g/mol. The van der Waals surface area contributed by atoms with Crippen LogP contribution in [0.4, 0.5) is 19.0 Å². The summed E-state index contributed by atoms with van der Waals surface area (Å²) in [6.45, 7) is -1.20. The predicted molar refractivity (Wildman–Crippen MR) is 110 cm³/mol. The molecule has 0 spiro atoms. The summed E-state index contributed by atoms with van der Waals surface area (Å²) in [5.74, 6) is -1.29. The number of hydrogen-bond acceptors (Lipinski definition) is 4. The van der Waals surface area contributed by atoms with Crippen molar-refractivity contribution in [2.45, 2.75) is 20.1 Å². The smallest absolute Gasteiger partial charge is 0.387 e. The van der Waals surface area contributed by atoms with E-state index in [4.69, 9.17) is 27.9 Å². The average molecular weight is 474 g/mol. The summed E-state index contributed by atoms with van der Waals surface area (Å²) in [6.07, 6.45) is 1.41. The lowest BCUT2D eigenvalue weighted by molar-refractivity contribution is -0.0514. The van der Waals surface area contributed by atoms with Crippen LogP contribution in [0.2, 0.25) is 10.0 Å². The van der Waals surface area contributed by atoms with E-state index in [-0.39, 0.29) is 51.6 Å². The number of amides is 1. The van der Waals surface area contributed by atoms with Gasteiger partial charge in [-0.25, -0.2) is 4.39 Å². The molecule has 0 radical (unpaired) electrons. The maximum Gasteiger partial charge on any atom is 0.387 e. The zero-order valence-electron chi connectivity index (χ0n) is 16.0. The highest BCUT2D eigenvalue weighted by Crippen LogP contribution is 2.30. The van der Waals surface area contributed by atoms with Crippen molar-refractivity contribution < 1.29 is 27.4 Å². The van der Waals surface area contributed by atoms with E-state index in [1.165, 1.54) is 41.2 Å². The Morgan fingerprint density at radius 1 is 1.19 bits per heavy atom. The van der Waals surface area contributed by atoms with Crippen molar-refractivity contribution in [3.8, 4) is 11.5 Å². The van der Waals surface area contributed by atoms with E-state index in [1.807, 2.05) is 0 Å². The fraction of sp³-hybridized carbons (Fsp3) is 0.200. The normalized spacial score (nSPS) is 10.9. The van der Waals surface area contributed by atoms with Crippen molar-refractivity contribution in [1.82, 2.24) is 9.78 Å². The molecule has 164 valence electrons. The van der Waals surface area contributed by atoms with Crippen LogP contribution in [0.1, 0.15) is 22.8 Å². The van der Waals surface area contributed by atoms with Crippen LogP contribution in [0.15, 0.2) is 42.6 Å². The van der Waals surface area contributed by atoms with E-state index in [2.05, 4.69) is 15.2 Å². The first-order chi connectivity index (χ1) is 14.8. The molecule has 0 aliphatic rings. The number of ether oxygens (including phenoxy) is 2. The van der Waals surface area contributed by atoms with Gasteiger partial charge in [0.15, 0.2) is 17.3 Å². The largest absolute Gasteiger partial charge is 0.490 e. The number of alkyl halides is 2. The molecule has 1 aromatic heterocycles. The Hall–Kier alpha value is -2.91. The fourth-order valence-corrected chi connectivity index (χ4v) is 3.12. The van der Waals surface area contributed by atoms with E-state index in [0.717, 1.165) is 0 Å². The topological polar surface area (TPSA) is 65.4 Å². The number of aromatic nitrogens is 2. The van der Waals surface area contributed by atoms with Crippen molar-refractivity contribution in [3.05, 3.63) is 69.6 Å². The summed E-state index contributed by atoms with van der Waals surface area (Å²) in [7, 11) is 0. The van der Waals surface area contributed by atoms with Gasteiger partial charge in [-0.05, 0) is 37.3 Å². The van der Waals surface area contributed by atoms with Crippen molar-refractivity contribution >= 4 is 34.9 Å². The molecule has 1 amide bonds. The number of hydrogen-bond donors (Lipinski definition) is 1. The molecule has 0 bridgehead atoms. The summed E-state index contributed by atoms with van der Waals surface area (Å²) in [5, 5.41) is 7.00. The minimum atomic E-state index is -3.04. The number of nitrogens with one attached hydrogen (secondary N) is 1. The van der Waals surface area contributed by atoms with Crippen LogP contribution in [-0.2, 0) is 6.54 Å². The number of nitrogens with zero attached hydrogens (tertiary/aromatic N) is 2. The molecular weight excluding hydrogens is 458 g/mol. The standard InChI is InChI=1S/C20H16Cl2F3N3O3/c1-2-30-17-8-11(6-7-16(17)31-20(24)25)19(29)26-18-14(22)10-28(27-18)9-12-13(21)4-3-5-15(12)23/h3-8,10,20H,2,9H2,1H3,(H,26,27,29). The second kappa shape index (κ2) is 9.93. The van der Waals surface area contributed by atoms with Crippen molar-refractivity contribution in [2.75, 3.05) is 11.9 Å². The van der Waals surface area contributed by atoms with Gasteiger partial charge >= 0.3 is 6.61 Å². The van der Waals surface area contributed by atoms with Crippen LogP contribution in [0.5, 0.6) is 11.5 Å². The number of carbonyl (C=O) groups is 1. The number of carbonyl (C=O) groups excluding carboxylic acids is 1. The first-order valence-corrected chi connectivity index (χ1v) is 9.73. The van der Waals surface area contributed by atoms with Gasteiger partial charge in [-0.15, -0.1) is 0 Å². The lowest BCUT2D eigenvalue weighted by atomic mass is 10.2. The molecule has 11 heteroatoms. The third kappa shape index (κ3) is 5.62. The zero-order chi connectivity index (χ0) is 22.5. The Kier molecular flexibility index (Phi) is 7.29. The number of anilines is 1.